The van der Waals surface area contributed by atoms with Gasteiger partial charge in [0.05, 0.1) is 10.6 Å². The molecule has 2 aromatic rings. The van der Waals surface area contributed by atoms with Crippen LogP contribution in [0.25, 0.3) is 0 Å². The van der Waals surface area contributed by atoms with Crippen LogP contribution in [0.1, 0.15) is 15.9 Å². The molecule has 0 spiro atoms. The lowest BCUT2D eigenvalue weighted by molar-refractivity contribution is 0.0472. The highest BCUT2D eigenvalue weighted by molar-refractivity contribution is 7.89. The van der Waals surface area contributed by atoms with Gasteiger partial charge in [-0.3, -0.25) is 0 Å². The highest BCUT2D eigenvalue weighted by Gasteiger charge is 2.22. The van der Waals surface area contributed by atoms with E-state index in [1.807, 2.05) is 0 Å². The Labute approximate surface area is 144 Å². The average Bonchev–Trinajstić information content (AvgIpc) is 2.52. The third-order valence-electron chi connectivity index (χ3n) is 3.18. The van der Waals surface area contributed by atoms with E-state index < -0.39 is 21.8 Å². The molecule has 0 saturated carbocycles. The Balaban J connectivity index is 2.21. The number of nitrogens with zero attached hydrogens (tertiary/aromatic N) is 1. The molecule has 0 aliphatic heterocycles. The fraction of sp³-hybridized carbons (Fsp3) is 0.188. The summed E-state index contributed by atoms with van der Waals surface area (Å²) in [5.74, 6) is -1.17. The van der Waals surface area contributed by atoms with Gasteiger partial charge in [0.15, 0.2) is 0 Å². The summed E-state index contributed by atoms with van der Waals surface area (Å²) in [6, 6.07) is 9.48. The maximum atomic E-state index is 13.1. The van der Waals surface area contributed by atoms with Crippen molar-refractivity contribution in [3.05, 3.63) is 64.4 Å². The number of carbonyl (C=O) groups is 1. The van der Waals surface area contributed by atoms with Crippen molar-refractivity contribution in [3.63, 3.8) is 0 Å². The first kappa shape index (κ1) is 18.4. The van der Waals surface area contributed by atoms with Crippen LogP contribution >= 0.6 is 11.6 Å². The van der Waals surface area contributed by atoms with E-state index in [1.165, 1.54) is 44.4 Å². The molecule has 0 bridgehead atoms. The molecule has 5 nitrogen and oxygen atoms in total. The van der Waals surface area contributed by atoms with Crippen LogP contribution in [-0.4, -0.2) is 32.8 Å². The Morgan fingerprint density at radius 3 is 2.54 bits per heavy atom. The van der Waals surface area contributed by atoms with E-state index in [9.17, 15) is 17.6 Å². The minimum Gasteiger partial charge on any atom is -0.457 e. The van der Waals surface area contributed by atoms with Crippen LogP contribution in [-0.2, 0) is 21.4 Å². The van der Waals surface area contributed by atoms with Crippen LogP contribution in [0.2, 0.25) is 5.02 Å². The maximum absolute atomic E-state index is 13.1. The summed E-state index contributed by atoms with van der Waals surface area (Å²) in [5.41, 5.74) is 0.523. The monoisotopic (exact) mass is 371 g/mol. The van der Waals surface area contributed by atoms with Gasteiger partial charge in [0.2, 0.25) is 10.0 Å². The van der Waals surface area contributed by atoms with Crippen LogP contribution in [0.4, 0.5) is 4.39 Å². The van der Waals surface area contributed by atoms with Crippen molar-refractivity contribution in [1.82, 2.24) is 4.31 Å². The predicted molar refractivity (Wildman–Crippen MR) is 87.8 cm³/mol. The van der Waals surface area contributed by atoms with Gasteiger partial charge >= 0.3 is 5.97 Å². The first-order valence-corrected chi connectivity index (χ1v) is 8.67. The first-order chi connectivity index (χ1) is 11.2. The summed E-state index contributed by atoms with van der Waals surface area (Å²) < 4.78 is 43.6. The summed E-state index contributed by atoms with van der Waals surface area (Å²) in [6.45, 7) is -0.130. The number of carbonyl (C=O) groups excluding carboxylic acids is 1. The van der Waals surface area contributed by atoms with Crippen molar-refractivity contribution in [2.24, 2.45) is 0 Å². The van der Waals surface area contributed by atoms with Crippen molar-refractivity contribution in [1.29, 1.82) is 0 Å². The molecule has 0 radical (unpaired) electrons. The van der Waals surface area contributed by atoms with E-state index in [1.54, 1.807) is 6.07 Å². The van der Waals surface area contributed by atoms with Gasteiger partial charge in [-0.1, -0.05) is 23.7 Å². The molecule has 2 aromatic carbocycles. The summed E-state index contributed by atoms with van der Waals surface area (Å²) >= 11 is 5.92. The highest BCUT2D eigenvalue weighted by Crippen LogP contribution is 2.25. The largest absolute Gasteiger partial charge is 0.457 e. The minimum absolute atomic E-state index is 0.00498. The van der Waals surface area contributed by atoms with E-state index >= 15 is 0 Å². The Bertz CT molecular complexity index is 868. The molecule has 0 heterocycles. The lowest BCUT2D eigenvalue weighted by atomic mass is 10.2. The molecule has 0 amide bonds. The van der Waals surface area contributed by atoms with Crippen molar-refractivity contribution in [3.8, 4) is 0 Å². The fourth-order valence-electron chi connectivity index (χ4n) is 1.88. The third kappa shape index (κ3) is 4.11. The van der Waals surface area contributed by atoms with Crippen LogP contribution < -0.4 is 0 Å². The van der Waals surface area contributed by atoms with Crippen molar-refractivity contribution in [2.75, 3.05) is 14.1 Å². The predicted octanol–water partition coefficient (Wildman–Crippen LogP) is 3.09. The van der Waals surface area contributed by atoms with Gasteiger partial charge in [0.1, 0.15) is 17.3 Å². The molecule has 0 saturated heterocycles. The van der Waals surface area contributed by atoms with Crippen LogP contribution in [0, 0.1) is 5.82 Å². The number of hydrogen-bond donors (Lipinski definition) is 0. The normalized spacial score (nSPS) is 11.5. The molecular formula is C16H15ClFNO4S. The van der Waals surface area contributed by atoms with Crippen LogP contribution in [0.15, 0.2) is 47.4 Å². The number of hydrogen-bond acceptors (Lipinski definition) is 4. The zero-order chi connectivity index (χ0) is 17.9. The van der Waals surface area contributed by atoms with Gasteiger partial charge in [-0.05, 0) is 35.9 Å². The summed E-state index contributed by atoms with van der Waals surface area (Å²) in [4.78, 5) is 11.9. The maximum Gasteiger partial charge on any atom is 0.338 e. The molecule has 24 heavy (non-hydrogen) atoms. The molecule has 0 aliphatic rings. The number of ether oxygens (including phenoxy) is 1. The van der Waals surface area contributed by atoms with Crippen LogP contribution in [0.5, 0.6) is 0 Å². The zero-order valence-corrected chi connectivity index (χ0v) is 14.6. The van der Waals surface area contributed by atoms with E-state index in [4.69, 9.17) is 16.3 Å². The van der Waals surface area contributed by atoms with E-state index in [-0.39, 0.29) is 22.1 Å². The molecule has 0 N–H and O–H groups in total. The summed E-state index contributed by atoms with van der Waals surface area (Å²) in [5, 5.41) is 0.00498. The average molecular weight is 372 g/mol. The first-order valence-electron chi connectivity index (χ1n) is 6.85. The molecule has 0 aliphatic carbocycles. The van der Waals surface area contributed by atoms with E-state index in [0.717, 1.165) is 10.4 Å². The van der Waals surface area contributed by atoms with Crippen LogP contribution in [0.3, 0.4) is 0 Å². The zero-order valence-electron chi connectivity index (χ0n) is 13.0. The van der Waals surface area contributed by atoms with Gasteiger partial charge in [0.25, 0.3) is 0 Å². The van der Waals surface area contributed by atoms with Crippen molar-refractivity contribution >= 4 is 27.6 Å². The van der Waals surface area contributed by atoms with Gasteiger partial charge in [-0.15, -0.1) is 0 Å². The second-order valence-corrected chi connectivity index (χ2v) is 7.67. The smallest absolute Gasteiger partial charge is 0.338 e. The molecule has 0 aromatic heterocycles. The summed E-state index contributed by atoms with van der Waals surface area (Å²) in [7, 11) is -1.07. The third-order valence-corrected chi connectivity index (χ3v) is 5.48. The number of halogens is 2. The quantitative estimate of drug-likeness (QED) is 0.758. The van der Waals surface area contributed by atoms with Gasteiger partial charge in [-0.2, -0.15) is 0 Å². The van der Waals surface area contributed by atoms with Crippen molar-refractivity contribution < 1.29 is 22.3 Å². The Hall–Kier alpha value is -1.96. The van der Waals surface area contributed by atoms with Gasteiger partial charge in [-0.25, -0.2) is 21.9 Å². The second-order valence-electron chi connectivity index (χ2n) is 5.14. The van der Waals surface area contributed by atoms with Gasteiger partial charge < -0.3 is 4.74 Å². The summed E-state index contributed by atoms with van der Waals surface area (Å²) in [6.07, 6.45) is 0. The molecule has 128 valence electrons. The van der Waals surface area contributed by atoms with Gasteiger partial charge in [0, 0.05) is 14.1 Å². The lowest BCUT2D eigenvalue weighted by Crippen LogP contribution is -2.23. The van der Waals surface area contributed by atoms with E-state index in [2.05, 4.69) is 0 Å². The highest BCUT2D eigenvalue weighted by atomic mass is 35.5. The second kappa shape index (κ2) is 7.29. The van der Waals surface area contributed by atoms with E-state index in [0.29, 0.717) is 5.56 Å². The Morgan fingerprint density at radius 1 is 1.21 bits per heavy atom. The Kier molecular flexibility index (Phi) is 5.58. The topological polar surface area (TPSA) is 63.7 Å². The number of sulfonamides is 1. The lowest BCUT2D eigenvalue weighted by Gasteiger charge is -2.13. The standard InChI is InChI=1S/C16H15ClFNO4S/c1-19(2)24(21,22)15-9-12(6-7-14(15)17)16(20)23-10-11-4-3-5-13(18)8-11/h3-9H,10H2,1-2H3. The SMILES string of the molecule is CN(C)S(=O)(=O)c1cc(C(=O)OCc2cccc(F)c2)ccc1Cl. The number of esters is 1. The number of benzene rings is 2. The molecule has 0 atom stereocenters. The molecule has 0 unspecified atom stereocenters. The Morgan fingerprint density at radius 2 is 1.92 bits per heavy atom. The molecular weight excluding hydrogens is 357 g/mol. The fourth-order valence-corrected chi connectivity index (χ4v) is 3.28. The number of rotatable bonds is 5. The molecule has 2 rings (SSSR count). The molecule has 0 fully saturated rings. The minimum atomic E-state index is -3.79. The molecule has 8 heteroatoms. The van der Waals surface area contributed by atoms with Crippen molar-refractivity contribution in [2.45, 2.75) is 11.5 Å².